The first-order valence-corrected chi connectivity index (χ1v) is 7.60. The number of amides is 1. The van der Waals surface area contributed by atoms with Gasteiger partial charge in [-0.05, 0) is 58.7 Å². The van der Waals surface area contributed by atoms with E-state index in [-0.39, 0.29) is 12.5 Å². The minimum Gasteiger partial charge on any atom is -0.483 e. The first kappa shape index (κ1) is 16.5. The molecule has 0 aliphatic carbocycles. The molecular weight excluding hydrogens is 370 g/mol. The first-order chi connectivity index (χ1) is 10.5. The van der Waals surface area contributed by atoms with Crippen molar-refractivity contribution in [1.82, 2.24) is 0 Å². The number of ether oxygens (including phenoxy) is 1. The zero-order valence-electron chi connectivity index (χ0n) is 11.7. The molecule has 0 saturated carbocycles. The van der Waals surface area contributed by atoms with Crippen molar-refractivity contribution in [3.8, 4) is 5.75 Å². The minimum absolute atomic E-state index is 0.148. The molecule has 2 aromatic rings. The van der Waals surface area contributed by atoms with E-state index in [0.29, 0.717) is 26.5 Å². The Morgan fingerprint density at radius 1 is 1.32 bits per heavy atom. The Morgan fingerprint density at radius 2 is 2.09 bits per heavy atom. The Labute approximate surface area is 141 Å². The highest BCUT2D eigenvalue weighted by Gasteiger charge is 2.07. The summed E-state index contributed by atoms with van der Waals surface area (Å²) in [5.41, 5.74) is 2.08. The molecule has 0 radical (unpaired) electrons. The van der Waals surface area contributed by atoms with Gasteiger partial charge in [0.1, 0.15) is 12.0 Å². The van der Waals surface area contributed by atoms with Crippen LogP contribution in [0.25, 0.3) is 0 Å². The number of nitrogens with one attached hydrogen (secondary N) is 1. The molecule has 1 amide bonds. The number of carbonyl (C=O) groups excluding carboxylic acids is 2. The molecular formula is C16H13BrClNO3. The maximum atomic E-state index is 11.9. The van der Waals surface area contributed by atoms with Gasteiger partial charge in [-0.1, -0.05) is 17.7 Å². The number of benzene rings is 2. The van der Waals surface area contributed by atoms with Crippen molar-refractivity contribution >= 4 is 45.4 Å². The molecule has 0 heterocycles. The topological polar surface area (TPSA) is 55.4 Å². The molecule has 0 aliphatic rings. The zero-order chi connectivity index (χ0) is 16.1. The highest BCUT2D eigenvalue weighted by atomic mass is 79.9. The summed E-state index contributed by atoms with van der Waals surface area (Å²) in [5, 5.41) is 3.29. The van der Waals surface area contributed by atoms with Gasteiger partial charge in [0.05, 0.1) is 4.47 Å². The van der Waals surface area contributed by atoms with Crippen molar-refractivity contribution in [2.45, 2.75) is 6.92 Å². The second kappa shape index (κ2) is 7.42. The number of halogens is 2. The van der Waals surface area contributed by atoms with Crippen LogP contribution in [0.4, 0.5) is 5.69 Å². The molecule has 4 nitrogen and oxygen atoms in total. The first-order valence-electron chi connectivity index (χ1n) is 6.43. The molecule has 0 aliphatic heterocycles. The summed E-state index contributed by atoms with van der Waals surface area (Å²) >= 11 is 9.29. The second-order valence-corrected chi connectivity index (χ2v) is 5.87. The molecule has 0 saturated heterocycles. The summed E-state index contributed by atoms with van der Waals surface area (Å²) in [6.07, 6.45) is 0.738. The Hall–Kier alpha value is -1.85. The predicted octanol–water partition coefficient (Wildman–Crippen LogP) is 4.24. The largest absolute Gasteiger partial charge is 0.483 e. The molecule has 0 unspecified atom stereocenters. The van der Waals surface area contributed by atoms with Crippen molar-refractivity contribution in [3.05, 3.63) is 57.0 Å². The average molecular weight is 383 g/mol. The second-order valence-electron chi connectivity index (χ2n) is 4.61. The lowest BCUT2D eigenvalue weighted by Gasteiger charge is -2.10. The van der Waals surface area contributed by atoms with E-state index in [1.165, 1.54) is 0 Å². The van der Waals surface area contributed by atoms with Gasteiger partial charge in [-0.3, -0.25) is 9.59 Å². The van der Waals surface area contributed by atoms with Gasteiger partial charge in [0.2, 0.25) is 0 Å². The number of hydrogen-bond donors (Lipinski definition) is 1. The quantitative estimate of drug-likeness (QED) is 0.787. The van der Waals surface area contributed by atoms with Gasteiger partial charge in [-0.2, -0.15) is 0 Å². The summed E-state index contributed by atoms with van der Waals surface area (Å²) in [6.45, 7) is 1.74. The molecule has 2 aromatic carbocycles. The van der Waals surface area contributed by atoms with Gasteiger partial charge in [-0.15, -0.1) is 0 Å². The monoisotopic (exact) mass is 381 g/mol. The highest BCUT2D eigenvalue weighted by molar-refractivity contribution is 9.10. The average Bonchev–Trinajstić information content (AvgIpc) is 2.49. The molecule has 1 N–H and O–H groups in total. The highest BCUT2D eigenvalue weighted by Crippen LogP contribution is 2.25. The van der Waals surface area contributed by atoms with E-state index in [1.54, 1.807) is 30.3 Å². The van der Waals surface area contributed by atoms with Gasteiger partial charge < -0.3 is 10.1 Å². The lowest BCUT2D eigenvalue weighted by Crippen LogP contribution is -2.20. The maximum absolute atomic E-state index is 11.9. The fourth-order valence-corrected chi connectivity index (χ4v) is 2.41. The van der Waals surface area contributed by atoms with Crippen LogP contribution in [0.5, 0.6) is 5.75 Å². The van der Waals surface area contributed by atoms with Crippen LogP contribution in [-0.4, -0.2) is 18.8 Å². The fraction of sp³-hybridized carbons (Fsp3) is 0.125. The van der Waals surface area contributed by atoms with E-state index < -0.39 is 0 Å². The summed E-state index contributed by atoms with van der Waals surface area (Å²) in [5.74, 6) is 0.189. The van der Waals surface area contributed by atoms with Crippen molar-refractivity contribution in [3.63, 3.8) is 0 Å². The van der Waals surface area contributed by atoms with Crippen molar-refractivity contribution in [2.24, 2.45) is 0 Å². The van der Waals surface area contributed by atoms with E-state index in [9.17, 15) is 9.59 Å². The SMILES string of the molecule is Cc1ccc(NC(=O)COc2ccc(C=O)cc2Br)cc1Cl. The molecule has 0 aromatic heterocycles. The van der Waals surface area contributed by atoms with Gasteiger partial charge in [0.15, 0.2) is 6.61 Å². The van der Waals surface area contributed by atoms with Crippen LogP contribution >= 0.6 is 27.5 Å². The third-order valence-electron chi connectivity index (χ3n) is 2.91. The third kappa shape index (κ3) is 4.32. The molecule has 0 atom stereocenters. The summed E-state index contributed by atoms with van der Waals surface area (Å²) in [4.78, 5) is 22.5. The number of rotatable bonds is 5. The number of hydrogen-bond acceptors (Lipinski definition) is 3. The predicted molar refractivity (Wildman–Crippen MR) is 89.8 cm³/mol. The Bertz CT molecular complexity index is 719. The third-order valence-corrected chi connectivity index (χ3v) is 3.93. The van der Waals surface area contributed by atoms with Crippen LogP contribution < -0.4 is 10.1 Å². The molecule has 2 rings (SSSR count). The lowest BCUT2D eigenvalue weighted by molar-refractivity contribution is -0.118. The fourth-order valence-electron chi connectivity index (χ4n) is 1.72. The van der Waals surface area contributed by atoms with Crippen molar-refractivity contribution < 1.29 is 14.3 Å². The smallest absolute Gasteiger partial charge is 0.262 e. The standard InChI is InChI=1S/C16H13BrClNO3/c1-10-2-4-12(7-14(10)18)19-16(21)9-22-15-5-3-11(8-20)6-13(15)17/h2-8H,9H2,1H3,(H,19,21). The van der Waals surface area contributed by atoms with Crippen LogP contribution in [-0.2, 0) is 4.79 Å². The van der Waals surface area contributed by atoms with Crippen molar-refractivity contribution in [1.29, 1.82) is 0 Å². The zero-order valence-corrected chi connectivity index (χ0v) is 14.1. The van der Waals surface area contributed by atoms with E-state index >= 15 is 0 Å². The summed E-state index contributed by atoms with van der Waals surface area (Å²) in [7, 11) is 0. The molecule has 0 bridgehead atoms. The number of aryl methyl sites for hydroxylation is 1. The summed E-state index contributed by atoms with van der Waals surface area (Å²) < 4.78 is 6.03. The normalized spacial score (nSPS) is 10.1. The number of aldehydes is 1. The van der Waals surface area contributed by atoms with E-state index in [4.69, 9.17) is 16.3 Å². The summed E-state index contributed by atoms with van der Waals surface area (Å²) in [6, 6.07) is 10.2. The van der Waals surface area contributed by atoms with Gasteiger partial charge >= 0.3 is 0 Å². The number of carbonyl (C=O) groups is 2. The van der Waals surface area contributed by atoms with Crippen LogP contribution in [0.3, 0.4) is 0 Å². The van der Waals surface area contributed by atoms with Crippen molar-refractivity contribution in [2.75, 3.05) is 11.9 Å². The van der Waals surface area contributed by atoms with Gasteiger partial charge in [0, 0.05) is 16.3 Å². The van der Waals surface area contributed by atoms with Crippen LogP contribution in [0.15, 0.2) is 40.9 Å². The van der Waals surface area contributed by atoms with E-state index in [2.05, 4.69) is 21.2 Å². The van der Waals surface area contributed by atoms with Gasteiger partial charge in [0.25, 0.3) is 5.91 Å². The Morgan fingerprint density at radius 3 is 2.73 bits per heavy atom. The van der Waals surface area contributed by atoms with E-state index in [0.717, 1.165) is 11.8 Å². The lowest BCUT2D eigenvalue weighted by atomic mass is 10.2. The molecule has 0 fully saturated rings. The Balaban J connectivity index is 1.95. The van der Waals surface area contributed by atoms with Crippen LogP contribution in [0, 0.1) is 6.92 Å². The number of anilines is 1. The molecule has 0 spiro atoms. The Kier molecular flexibility index (Phi) is 5.57. The molecule has 22 heavy (non-hydrogen) atoms. The molecule has 114 valence electrons. The maximum Gasteiger partial charge on any atom is 0.262 e. The van der Waals surface area contributed by atoms with Gasteiger partial charge in [-0.25, -0.2) is 0 Å². The van der Waals surface area contributed by atoms with Crippen LogP contribution in [0.2, 0.25) is 5.02 Å². The van der Waals surface area contributed by atoms with Crippen LogP contribution in [0.1, 0.15) is 15.9 Å². The minimum atomic E-state index is -0.300. The molecule has 6 heteroatoms. The van der Waals surface area contributed by atoms with E-state index in [1.807, 2.05) is 13.0 Å².